The summed E-state index contributed by atoms with van der Waals surface area (Å²) < 4.78 is 7.27. The first-order valence-corrected chi connectivity index (χ1v) is 10.6. The second kappa shape index (κ2) is 9.08. The van der Waals surface area contributed by atoms with Crippen LogP contribution in [0.4, 0.5) is 16.2 Å². The summed E-state index contributed by atoms with van der Waals surface area (Å²) in [4.78, 5) is 28.9. The number of nitriles is 1. The first kappa shape index (κ1) is 22.6. The van der Waals surface area contributed by atoms with E-state index in [-0.39, 0.29) is 11.6 Å². The number of urea groups is 1. The van der Waals surface area contributed by atoms with Gasteiger partial charge in [-0.05, 0) is 74.0 Å². The lowest BCUT2D eigenvalue weighted by atomic mass is 9.86. The molecule has 0 spiro atoms. The molecule has 34 heavy (non-hydrogen) atoms. The second-order valence-corrected chi connectivity index (χ2v) is 8.36. The van der Waals surface area contributed by atoms with Crippen LogP contribution in [0.1, 0.15) is 19.4 Å². The highest BCUT2D eigenvalue weighted by molar-refractivity contribution is 5.99. The maximum absolute atomic E-state index is 12.3. The lowest BCUT2D eigenvalue weighted by molar-refractivity contribution is 0.262. The van der Waals surface area contributed by atoms with Crippen LogP contribution in [0.5, 0.6) is 11.5 Å². The fourth-order valence-electron chi connectivity index (χ4n) is 3.32. The molecular formula is C26H23N5O3. The standard InChI is InChI=1S/C26H23N5O3/c1-26(2,15-27)17-4-6-18(7-5-17)29-25(33)30-19-8-10-20(11-9-19)34-21-12-13-23-22(14-21)24(32)31(3)16-28-23/h4-14,16H,1-3H3,(H2,29,30,33). The summed E-state index contributed by atoms with van der Waals surface area (Å²) in [5.41, 5.74) is 1.94. The number of nitrogens with one attached hydrogen (secondary N) is 2. The monoisotopic (exact) mass is 453 g/mol. The van der Waals surface area contributed by atoms with Crippen LogP contribution in [-0.4, -0.2) is 15.6 Å². The van der Waals surface area contributed by atoms with E-state index in [9.17, 15) is 14.9 Å². The van der Waals surface area contributed by atoms with Gasteiger partial charge in [0.25, 0.3) is 5.56 Å². The van der Waals surface area contributed by atoms with Crippen molar-refractivity contribution in [1.29, 1.82) is 5.26 Å². The Bertz CT molecular complexity index is 1450. The van der Waals surface area contributed by atoms with Crippen LogP contribution in [0.15, 0.2) is 77.9 Å². The summed E-state index contributed by atoms with van der Waals surface area (Å²) in [7, 11) is 1.65. The van der Waals surface area contributed by atoms with E-state index in [1.807, 2.05) is 26.0 Å². The number of carbonyl (C=O) groups is 1. The van der Waals surface area contributed by atoms with E-state index in [0.717, 1.165) is 5.56 Å². The Morgan fingerprint density at radius 1 is 0.971 bits per heavy atom. The molecule has 2 amide bonds. The number of amides is 2. The molecule has 8 nitrogen and oxygen atoms in total. The number of carbonyl (C=O) groups excluding carboxylic acids is 1. The van der Waals surface area contributed by atoms with Gasteiger partial charge in [0, 0.05) is 18.4 Å². The number of rotatable bonds is 5. The Morgan fingerprint density at radius 3 is 2.18 bits per heavy atom. The summed E-state index contributed by atoms with van der Waals surface area (Å²) in [6.07, 6.45) is 1.48. The zero-order chi connectivity index (χ0) is 24.3. The molecule has 0 radical (unpaired) electrons. The summed E-state index contributed by atoms with van der Waals surface area (Å²) in [6.45, 7) is 3.68. The van der Waals surface area contributed by atoms with Gasteiger partial charge in [-0.3, -0.25) is 4.79 Å². The fourth-order valence-corrected chi connectivity index (χ4v) is 3.32. The van der Waals surface area contributed by atoms with Gasteiger partial charge in [0.2, 0.25) is 0 Å². The van der Waals surface area contributed by atoms with E-state index in [0.29, 0.717) is 33.8 Å². The Balaban J connectivity index is 1.39. The minimum atomic E-state index is -0.594. The van der Waals surface area contributed by atoms with E-state index >= 15 is 0 Å². The molecule has 0 atom stereocenters. The third-order valence-corrected chi connectivity index (χ3v) is 5.38. The highest BCUT2D eigenvalue weighted by atomic mass is 16.5. The molecule has 0 aliphatic rings. The fraction of sp³-hybridized carbons (Fsp3) is 0.154. The maximum Gasteiger partial charge on any atom is 0.323 e. The van der Waals surface area contributed by atoms with Crippen LogP contribution in [0.3, 0.4) is 0 Å². The lowest BCUT2D eigenvalue weighted by Gasteiger charge is -2.16. The average molecular weight is 454 g/mol. The van der Waals surface area contributed by atoms with Crippen LogP contribution in [0.2, 0.25) is 0 Å². The van der Waals surface area contributed by atoms with Crippen LogP contribution >= 0.6 is 0 Å². The molecule has 4 rings (SSSR count). The quantitative estimate of drug-likeness (QED) is 0.433. The molecule has 170 valence electrons. The van der Waals surface area contributed by atoms with Gasteiger partial charge in [-0.1, -0.05) is 12.1 Å². The molecular weight excluding hydrogens is 430 g/mol. The summed E-state index contributed by atoms with van der Waals surface area (Å²) >= 11 is 0. The predicted octanol–water partition coefficient (Wildman–Crippen LogP) is 5.17. The van der Waals surface area contributed by atoms with Gasteiger partial charge >= 0.3 is 6.03 Å². The first-order valence-electron chi connectivity index (χ1n) is 10.6. The molecule has 8 heteroatoms. The smallest absolute Gasteiger partial charge is 0.323 e. The minimum absolute atomic E-state index is 0.149. The van der Waals surface area contributed by atoms with E-state index in [1.54, 1.807) is 61.6 Å². The SMILES string of the molecule is Cn1cnc2ccc(Oc3ccc(NC(=O)Nc4ccc(C(C)(C)C#N)cc4)cc3)cc2c1=O. The normalized spacial score (nSPS) is 11.0. The largest absolute Gasteiger partial charge is 0.457 e. The summed E-state index contributed by atoms with van der Waals surface area (Å²) in [5.74, 6) is 1.07. The van der Waals surface area contributed by atoms with Crippen molar-refractivity contribution in [3.8, 4) is 17.6 Å². The van der Waals surface area contributed by atoms with E-state index in [2.05, 4.69) is 21.7 Å². The van der Waals surface area contributed by atoms with Crippen LogP contribution in [0, 0.1) is 11.3 Å². The Morgan fingerprint density at radius 2 is 1.56 bits per heavy atom. The number of hydrogen-bond acceptors (Lipinski definition) is 5. The highest BCUT2D eigenvalue weighted by Gasteiger charge is 2.19. The zero-order valence-electron chi connectivity index (χ0n) is 19.0. The predicted molar refractivity (Wildman–Crippen MR) is 131 cm³/mol. The second-order valence-electron chi connectivity index (χ2n) is 8.36. The Kier molecular flexibility index (Phi) is 6.02. The molecule has 3 aromatic carbocycles. The van der Waals surface area contributed by atoms with Crippen molar-refractivity contribution >= 4 is 28.3 Å². The summed E-state index contributed by atoms with van der Waals surface area (Å²) in [6, 6.07) is 21.1. The molecule has 2 N–H and O–H groups in total. The van der Waals surface area contributed by atoms with Crippen LogP contribution in [0.25, 0.3) is 10.9 Å². The lowest BCUT2D eigenvalue weighted by Crippen LogP contribution is -2.19. The highest BCUT2D eigenvalue weighted by Crippen LogP contribution is 2.26. The number of ether oxygens (including phenoxy) is 1. The van der Waals surface area contributed by atoms with Gasteiger partial charge in [-0.15, -0.1) is 0 Å². The first-order chi connectivity index (χ1) is 16.2. The molecule has 0 aliphatic heterocycles. The van der Waals surface area contributed by atoms with Crippen molar-refractivity contribution in [2.75, 3.05) is 10.6 Å². The van der Waals surface area contributed by atoms with E-state index < -0.39 is 5.41 Å². The molecule has 0 saturated heterocycles. The molecule has 0 unspecified atom stereocenters. The Hall–Kier alpha value is -4.64. The molecule has 0 bridgehead atoms. The van der Waals surface area contributed by atoms with Crippen molar-refractivity contribution in [3.63, 3.8) is 0 Å². The molecule has 1 aromatic heterocycles. The van der Waals surface area contributed by atoms with Crippen molar-refractivity contribution in [2.45, 2.75) is 19.3 Å². The van der Waals surface area contributed by atoms with E-state index in [1.165, 1.54) is 10.9 Å². The average Bonchev–Trinajstić information content (AvgIpc) is 2.83. The third kappa shape index (κ3) is 4.89. The molecule has 0 fully saturated rings. The van der Waals surface area contributed by atoms with E-state index in [4.69, 9.17) is 4.74 Å². The topological polar surface area (TPSA) is 109 Å². The van der Waals surface area contributed by atoms with Gasteiger partial charge in [-0.2, -0.15) is 5.26 Å². The molecule has 4 aromatic rings. The zero-order valence-corrected chi connectivity index (χ0v) is 19.0. The van der Waals surface area contributed by atoms with Crippen molar-refractivity contribution in [1.82, 2.24) is 9.55 Å². The molecule has 0 aliphatic carbocycles. The third-order valence-electron chi connectivity index (χ3n) is 5.38. The van der Waals surface area contributed by atoms with Gasteiger partial charge < -0.3 is 19.9 Å². The number of aryl methyl sites for hydroxylation is 1. The van der Waals surface area contributed by atoms with Crippen LogP contribution < -0.4 is 20.9 Å². The number of nitrogens with zero attached hydrogens (tertiary/aromatic N) is 3. The van der Waals surface area contributed by atoms with Crippen molar-refractivity contribution in [3.05, 3.63) is 89.0 Å². The van der Waals surface area contributed by atoms with Gasteiger partial charge in [0.05, 0.1) is 28.7 Å². The summed E-state index contributed by atoms with van der Waals surface area (Å²) in [5, 5.41) is 15.2. The van der Waals surface area contributed by atoms with Gasteiger partial charge in [0.15, 0.2) is 0 Å². The number of hydrogen-bond donors (Lipinski definition) is 2. The molecule has 0 saturated carbocycles. The number of fused-ring (bicyclic) bond motifs is 1. The van der Waals surface area contributed by atoms with Gasteiger partial charge in [-0.25, -0.2) is 9.78 Å². The number of benzene rings is 3. The number of aromatic nitrogens is 2. The van der Waals surface area contributed by atoms with Crippen molar-refractivity contribution < 1.29 is 9.53 Å². The van der Waals surface area contributed by atoms with Crippen molar-refractivity contribution in [2.24, 2.45) is 7.05 Å². The van der Waals surface area contributed by atoms with Gasteiger partial charge in [0.1, 0.15) is 11.5 Å². The maximum atomic E-state index is 12.3. The molecule has 1 heterocycles. The Labute approximate surface area is 196 Å². The van der Waals surface area contributed by atoms with Crippen LogP contribution in [-0.2, 0) is 12.5 Å². The minimum Gasteiger partial charge on any atom is -0.457 e. The number of anilines is 2.